The number of halogens is 8. The Balaban J connectivity index is 3.04. The standard InChI is InChI=1S/C10H5ClF6INO/c11-5-3-4(18)1-2-6(5)19-8(20)7(9(12,13)14)10(15,16)17/h1-3,7H,(H,19,20). The molecule has 1 rings (SSSR count). The van der Waals surface area contributed by atoms with Gasteiger partial charge in [0.1, 0.15) is 0 Å². The van der Waals surface area contributed by atoms with Crippen LogP contribution in [0.3, 0.4) is 0 Å². The van der Waals surface area contributed by atoms with Crippen LogP contribution in [0.2, 0.25) is 5.02 Å². The molecule has 1 amide bonds. The number of alkyl halides is 6. The van der Waals surface area contributed by atoms with Crippen LogP contribution in [0.1, 0.15) is 0 Å². The van der Waals surface area contributed by atoms with Crippen LogP contribution in [0.4, 0.5) is 32.0 Å². The topological polar surface area (TPSA) is 29.1 Å². The minimum atomic E-state index is -5.74. The van der Waals surface area contributed by atoms with Crippen LogP contribution in [-0.4, -0.2) is 18.3 Å². The van der Waals surface area contributed by atoms with Gasteiger partial charge in [-0.3, -0.25) is 4.79 Å². The monoisotopic (exact) mass is 431 g/mol. The van der Waals surface area contributed by atoms with Gasteiger partial charge in [0.25, 0.3) is 0 Å². The van der Waals surface area contributed by atoms with Gasteiger partial charge in [0, 0.05) is 3.57 Å². The van der Waals surface area contributed by atoms with Gasteiger partial charge in [-0.05, 0) is 40.8 Å². The summed E-state index contributed by atoms with van der Waals surface area (Å²) in [7, 11) is 0. The van der Waals surface area contributed by atoms with Gasteiger partial charge >= 0.3 is 12.4 Å². The van der Waals surface area contributed by atoms with Crippen LogP contribution in [0.25, 0.3) is 0 Å². The summed E-state index contributed by atoms with van der Waals surface area (Å²) in [5.41, 5.74) is -0.324. The van der Waals surface area contributed by atoms with Crippen molar-refractivity contribution >= 4 is 45.8 Å². The molecule has 0 saturated carbocycles. The molecule has 0 heterocycles. The molecule has 0 aliphatic heterocycles. The Hall–Kier alpha value is -0.710. The molecule has 1 N–H and O–H groups in total. The number of hydrogen-bond acceptors (Lipinski definition) is 1. The van der Waals surface area contributed by atoms with Crippen LogP contribution >= 0.6 is 34.2 Å². The van der Waals surface area contributed by atoms with Crippen molar-refractivity contribution in [2.45, 2.75) is 12.4 Å². The van der Waals surface area contributed by atoms with Gasteiger partial charge in [0.05, 0.1) is 10.7 Å². The Morgan fingerprint density at radius 3 is 2.05 bits per heavy atom. The van der Waals surface area contributed by atoms with Crippen molar-refractivity contribution < 1.29 is 31.1 Å². The number of carbonyl (C=O) groups is 1. The third-order valence-corrected chi connectivity index (χ3v) is 3.09. The van der Waals surface area contributed by atoms with Gasteiger partial charge in [-0.2, -0.15) is 26.3 Å². The fraction of sp³-hybridized carbons (Fsp3) is 0.300. The van der Waals surface area contributed by atoms with Crippen molar-refractivity contribution in [3.05, 3.63) is 26.8 Å². The number of hydrogen-bond donors (Lipinski definition) is 1. The van der Waals surface area contributed by atoms with E-state index in [4.69, 9.17) is 11.6 Å². The molecule has 0 aromatic heterocycles. The normalized spacial score (nSPS) is 12.7. The van der Waals surface area contributed by atoms with Gasteiger partial charge in [-0.25, -0.2) is 0 Å². The second kappa shape index (κ2) is 5.96. The van der Waals surface area contributed by atoms with Crippen molar-refractivity contribution in [3.63, 3.8) is 0 Å². The van der Waals surface area contributed by atoms with Crippen molar-refractivity contribution in [3.8, 4) is 0 Å². The molecule has 10 heteroatoms. The Kier molecular flexibility index (Phi) is 5.17. The lowest BCUT2D eigenvalue weighted by Crippen LogP contribution is -2.45. The zero-order chi connectivity index (χ0) is 15.7. The minimum absolute atomic E-state index is 0.159. The van der Waals surface area contributed by atoms with Crippen molar-refractivity contribution in [1.82, 2.24) is 0 Å². The highest BCUT2D eigenvalue weighted by Crippen LogP contribution is 2.40. The maximum Gasteiger partial charge on any atom is 0.409 e. The van der Waals surface area contributed by atoms with Crippen molar-refractivity contribution in [2.75, 3.05) is 5.32 Å². The van der Waals surface area contributed by atoms with Crippen LogP contribution in [0.5, 0.6) is 0 Å². The average molecular weight is 432 g/mol. The minimum Gasteiger partial charge on any atom is -0.324 e. The van der Waals surface area contributed by atoms with E-state index in [2.05, 4.69) is 0 Å². The van der Waals surface area contributed by atoms with Gasteiger partial charge < -0.3 is 5.32 Å². The van der Waals surface area contributed by atoms with Crippen molar-refractivity contribution in [1.29, 1.82) is 0 Å². The SMILES string of the molecule is O=C(Nc1ccc(I)cc1Cl)C(C(F)(F)F)C(F)(F)F. The molecule has 20 heavy (non-hydrogen) atoms. The molecule has 0 unspecified atom stereocenters. The zero-order valence-electron chi connectivity index (χ0n) is 9.24. The maximum absolute atomic E-state index is 12.3. The summed E-state index contributed by atoms with van der Waals surface area (Å²) in [4.78, 5) is 11.2. The van der Waals surface area contributed by atoms with Crippen LogP contribution < -0.4 is 5.32 Å². The van der Waals surface area contributed by atoms with E-state index in [1.165, 1.54) is 17.4 Å². The van der Waals surface area contributed by atoms with E-state index < -0.39 is 24.2 Å². The molecule has 112 valence electrons. The highest BCUT2D eigenvalue weighted by atomic mass is 127. The van der Waals surface area contributed by atoms with E-state index in [1.54, 1.807) is 0 Å². The van der Waals surface area contributed by atoms with Crippen LogP contribution in [-0.2, 0) is 4.79 Å². The predicted molar refractivity (Wildman–Crippen MR) is 68.4 cm³/mol. The summed E-state index contributed by atoms with van der Waals surface area (Å²) >= 11 is 7.46. The molecule has 0 atom stereocenters. The Morgan fingerprint density at radius 2 is 1.65 bits per heavy atom. The summed E-state index contributed by atoms with van der Waals surface area (Å²) in [6.07, 6.45) is -11.5. The quantitative estimate of drug-likeness (QED) is 0.537. The molecule has 0 fully saturated rings. The molecule has 0 radical (unpaired) electrons. The van der Waals surface area contributed by atoms with E-state index in [1.807, 2.05) is 22.6 Å². The first kappa shape index (κ1) is 17.3. The summed E-state index contributed by atoms with van der Waals surface area (Å²) in [6.45, 7) is 0. The second-order valence-corrected chi connectivity index (χ2v) is 5.28. The highest BCUT2D eigenvalue weighted by Gasteiger charge is 2.61. The van der Waals surface area contributed by atoms with E-state index in [0.717, 1.165) is 6.07 Å². The highest BCUT2D eigenvalue weighted by molar-refractivity contribution is 14.1. The first-order valence-corrected chi connectivity index (χ1v) is 6.28. The molecule has 0 aliphatic rings. The number of benzene rings is 1. The lowest BCUT2D eigenvalue weighted by Gasteiger charge is -2.22. The van der Waals surface area contributed by atoms with Gasteiger partial charge in [-0.1, -0.05) is 11.6 Å². The third-order valence-electron chi connectivity index (χ3n) is 2.11. The van der Waals surface area contributed by atoms with E-state index in [9.17, 15) is 31.1 Å². The fourth-order valence-corrected chi connectivity index (χ4v) is 2.18. The summed E-state index contributed by atoms with van der Waals surface area (Å²) in [5.74, 6) is -6.33. The second-order valence-electron chi connectivity index (χ2n) is 3.63. The number of carbonyl (C=O) groups excluding carboxylic acids is 1. The largest absolute Gasteiger partial charge is 0.409 e. The van der Waals surface area contributed by atoms with Gasteiger partial charge in [0.2, 0.25) is 11.8 Å². The first-order valence-electron chi connectivity index (χ1n) is 4.82. The summed E-state index contributed by atoms with van der Waals surface area (Å²) in [5, 5.41) is 1.38. The summed E-state index contributed by atoms with van der Waals surface area (Å²) < 4.78 is 74.5. The van der Waals surface area contributed by atoms with Gasteiger partial charge in [0.15, 0.2) is 0 Å². The third kappa shape index (κ3) is 4.40. The lowest BCUT2D eigenvalue weighted by atomic mass is 10.1. The van der Waals surface area contributed by atoms with E-state index in [-0.39, 0.29) is 10.7 Å². The average Bonchev–Trinajstić information content (AvgIpc) is 2.17. The van der Waals surface area contributed by atoms with Crippen molar-refractivity contribution in [2.24, 2.45) is 5.92 Å². The van der Waals surface area contributed by atoms with Crippen LogP contribution in [0, 0.1) is 9.49 Å². The number of nitrogens with one attached hydrogen (secondary N) is 1. The van der Waals surface area contributed by atoms with E-state index >= 15 is 0 Å². The molecular formula is C10H5ClF6INO. The first-order chi connectivity index (χ1) is 8.93. The Morgan fingerprint density at radius 1 is 1.15 bits per heavy atom. The molecule has 0 bridgehead atoms. The molecule has 2 nitrogen and oxygen atoms in total. The Labute approximate surface area is 127 Å². The Bertz CT molecular complexity index is 501. The van der Waals surface area contributed by atoms with Crippen LogP contribution in [0.15, 0.2) is 18.2 Å². The smallest absolute Gasteiger partial charge is 0.324 e. The number of amides is 1. The molecule has 0 spiro atoms. The predicted octanol–water partition coefficient (Wildman–Crippen LogP) is 4.62. The maximum atomic E-state index is 12.3. The van der Waals surface area contributed by atoms with Gasteiger partial charge in [-0.15, -0.1) is 0 Å². The molecule has 1 aromatic rings. The summed E-state index contributed by atoms with van der Waals surface area (Å²) in [6, 6.07) is 3.78. The molecule has 1 aromatic carbocycles. The number of rotatable bonds is 2. The molecule has 0 aliphatic carbocycles. The lowest BCUT2D eigenvalue weighted by molar-refractivity contribution is -0.272. The number of anilines is 1. The molecule has 0 saturated heterocycles. The molecular weight excluding hydrogens is 426 g/mol. The van der Waals surface area contributed by atoms with E-state index in [0.29, 0.717) is 3.57 Å². The fourth-order valence-electron chi connectivity index (χ4n) is 1.28. The zero-order valence-corrected chi connectivity index (χ0v) is 12.2.